The van der Waals surface area contributed by atoms with Crippen molar-refractivity contribution in [2.24, 2.45) is 0 Å². The van der Waals surface area contributed by atoms with Gasteiger partial charge in [0.1, 0.15) is 0 Å². The van der Waals surface area contributed by atoms with Crippen LogP contribution in [-0.2, 0) is 6.42 Å². The number of hydrogen-bond donors (Lipinski definition) is 1. The smallest absolute Gasteiger partial charge is 0.0432 e. The van der Waals surface area contributed by atoms with Crippen LogP contribution in [0.25, 0.3) is 0 Å². The van der Waals surface area contributed by atoms with Crippen LogP contribution in [0.15, 0.2) is 53.0 Å². The van der Waals surface area contributed by atoms with E-state index in [1.807, 2.05) is 24.3 Å². The first-order valence-electron chi connectivity index (χ1n) is 5.29. The minimum Gasteiger partial charge on any atom is -0.384 e. The van der Waals surface area contributed by atoms with E-state index < -0.39 is 0 Å². The van der Waals surface area contributed by atoms with E-state index in [2.05, 4.69) is 51.6 Å². The second kappa shape index (κ2) is 5.71. The molecule has 0 spiro atoms. The molecule has 1 nitrogen and oxygen atoms in total. The van der Waals surface area contributed by atoms with Crippen LogP contribution in [0.4, 0.5) is 5.69 Å². The Morgan fingerprint density at radius 2 is 1.94 bits per heavy atom. The highest BCUT2D eigenvalue weighted by Gasteiger charge is 1.94. The quantitative estimate of drug-likeness (QED) is 0.892. The summed E-state index contributed by atoms with van der Waals surface area (Å²) in [5.74, 6) is 0. The first-order chi connectivity index (χ1) is 7.84. The number of benzene rings is 2. The average Bonchev–Trinajstić information content (AvgIpc) is 2.30. The standard InChI is InChI=1S/C14H13BrN/c15-13-7-4-8-14(11-13)16-10-9-12-5-2-1-3-6-12/h1-7,11,16H,9-10H2. The van der Waals surface area contributed by atoms with Crippen LogP contribution in [0.5, 0.6) is 0 Å². The third kappa shape index (κ3) is 3.38. The highest BCUT2D eigenvalue weighted by Crippen LogP contribution is 2.14. The van der Waals surface area contributed by atoms with Crippen molar-refractivity contribution in [3.63, 3.8) is 0 Å². The molecule has 2 rings (SSSR count). The summed E-state index contributed by atoms with van der Waals surface area (Å²) in [6, 6.07) is 19.5. The molecule has 0 aromatic heterocycles. The second-order valence-corrected chi connectivity index (χ2v) is 4.50. The van der Waals surface area contributed by atoms with Gasteiger partial charge in [0, 0.05) is 22.8 Å². The van der Waals surface area contributed by atoms with Crippen molar-refractivity contribution in [3.05, 3.63) is 64.6 Å². The number of nitrogens with one attached hydrogen (secondary N) is 1. The minimum absolute atomic E-state index is 0.928. The Labute approximate surface area is 105 Å². The van der Waals surface area contributed by atoms with Gasteiger partial charge in [-0.1, -0.05) is 52.3 Å². The molecule has 0 fully saturated rings. The molecular weight excluding hydrogens is 262 g/mol. The monoisotopic (exact) mass is 274 g/mol. The summed E-state index contributed by atoms with van der Waals surface area (Å²) in [7, 11) is 0. The van der Waals surface area contributed by atoms with Gasteiger partial charge in [0.2, 0.25) is 0 Å². The van der Waals surface area contributed by atoms with Crippen LogP contribution in [0.1, 0.15) is 5.56 Å². The van der Waals surface area contributed by atoms with Crippen LogP contribution >= 0.6 is 15.9 Å². The maximum atomic E-state index is 3.44. The zero-order valence-corrected chi connectivity index (χ0v) is 10.5. The van der Waals surface area contributed by atoms with E-state index in [4.69, 9.17) is 0 Å². The highest BCUT2D eigenvalue weighted by atomic mass is 79.9. The number of anilines is 1. The Kier molecular flexibility index (Phi) is 4.00. The van der Waals surface area contributed by atoms with E-state index in [0.29, 0.717) is 0 Å². The van der Waals surface area contributed by atoms with E-state index in [0.717, 1.165) is 23.1 Å². The van der Waals surface area contributed by atoms with E-state index in [-0.39, 0.29) is 0 Å². The summed E-state index contributed by atoms with van der Waals surface area (Å²) in [4.78, 5) is 0. The first kappa shape index (κ1) is 11.2. The zero-order valence-electron chi connectivity index (χ0n) is 8.91. The minimum atomic E-state index is 0.928. The highest BCUT2D eigenvalue weighted by molar-refractivity contribution is 9.10. The lowest BCUT2D eigenvalue weighted by molar-refractivity contribution is 1.02. The lowest BCUT2D eigenvalue weighted by atomic mass is 10.1. The molecule has 1 N–H and O–H groups in total. The van der Waals surface area contributed by atoms with Crippen LogP contribution < -0.4 is 5.32 Å². The molecule has 0 atom stereocenters. The Hall–Kier alpha value is -1.28. The summed E-state index contributed by atoms with van der Waals surface area (Å²) in [6.45, 7) is 0.928. The van der Waals surface area contributed by atoms with E-state index in [1.165, 1.54) is 5.56 Å². The van der Waals surface area contributed by atoms with Crippen LogP contribution in [-0.4, -0.2) is 6.54 Å². The van der Waals surface area contributed by atoms with Gasteiger partial charge in [-0.25, -0.2) is 0 Å². The fourth-order valence-electron chi connectivity index (χ4n) is 1.53. The summed E-state index contributed by atoms with van der Waals surface area (Å²) in [5, 5.41) is 3.35. The van der Waals surface area contributed by atoms with Gasteiger partial charge in [0.15, 0.2) is 0 Å². The lowest BCUT2D eigenvalue weighted by Gasteiger charge is -2.06. The largest absolute Gasteiger partial charge is 0.384 e. The molecule has 2 aromatic rings. The molecule has 0 heterocycles. The predicted molar refractivity (Wildman–Crippen MR) is 71.6 cm³/mol. The topological polar surface area (TPSA) is 12.0 Å². The Balaban J connectivity index is 1.85. The second-order valence-electron chi connectivity index (χ2n) is 3.58. The predicted octanol–water partition coefficient (Wildman–Crippen LogP) is 3.90. The van der Waals surface area contributed by atoms with Crippen molar-refractivity contribution in [3.8, 4) is 0 Å². The Morgan fingerprint density at radius 1 is 1.12 bits per heavy atom. The van der Waals surface area contributed by atoms with Crippen molar-refractivity contribution < 1.29 is 0 Å². The Morgan fingerprint density at radius 3 is 2.69 bits per heavy atom. The van der Waals surface area contributed by atoms with Gasteiger partial charge in [-0.05, 0) is 24.1 Å². The van der Waals surface area contributed by atoms with E-state index in [9.17, 15) is 0 Å². The van der Waals surface area contributed by atoms with Crippen LogP contribution in [0.3, 0.4) is 0 Å². The molecule has 0 aliphatic rings. The lowest BCUT2D eigenvalue weighted by Crippen LogP contribution is -2.04. The molecule has 0 bridgehead atoms. The van der Waals surface area contributed by atoms with Gasteiger partial charge in [0.05, 0.1) is 0 Å². The fraction of sp³-hybridized carbons (Fsp3) is 0.143. The van der Waals surface area contributed by atoms with E-state index >= 15 is 0 Å². The van der Waals surface area contributed by atoms with Crippen molar-refractivity contribution in [1.29, 1.82) is 0 Å². The van der Waals surface area contributed by atoms with Gasteiger partial charge in [0.25, 0.3) is 0 Å². The average molecular weight is 275 g/mol. The number of hydrogen-bond acceptors (Lipinski definition) is 1. The van der Waals surface area contributed by atoms with Gasteiger partial charge in [-0.15, -0.1) is 0 Å². The maximum absolute atomic E-state index is 3.44. The van der Waals surface area contributed by atoms with Gasteiger partial charge in [-0.3, -0.25) is 0 Å². The molecular formula is C14H13BrN. The Bertz CT molecular complexity index is 439. The van der Waals surface area contributed by atoms with Gasteiger partial charge >= 0.3 is 0 Å². The van der Waals surface area contributed by atoms with Crippen molar-refractivity contribution in [1.82, 2.24) is 0 Å². The van der Waals surface area contributed by atoms with Crippen LogP contribution in [0, 0.1) is 6.07 Å². The molecule has 2 aromatic carbocycles. The number of halogens is 1. The molecule has 2 heteroatoms. The van der Waals surface area contributed by atoms with Crippen molar-refractivity contribution >= 4 is 21.6 Å². The zero-order chi connectivity index (χ0) is 11.2. The molecule has 81 valence electrons. The molecule has 16 heavy (non-hydrogen) atoms. The third-order valence-electron chi connectivity index (χ3n) is 2.34. The molecule has 0 saturated heterocycles. The first-order valence-corrected chi connectivity index (χ1v) is 6.09. The van der Waals surface area contributed by atoms with Crippen LogP contribution in [0.2, 0.25) is 0 Å². The fourth-order valence-corrected chi connectivity index (χ4v) is 1.89. The van der Waals surface area contributed by atoms with Gasteiger partial charge in [-0.2, -0.15) is 0 Å². The molecule has 0 saturated carbocycles. The van der Waals surface area contributed by atoms with E-state index in [1.54, 1.807) is 0 Å². The normalized spacial score (nSPS) is 10.1. The van der Waals surface area contributed by atoms with Crippen molar-refractivity contribution in [2.75, 3.05) is 11.9 Å². The summed E-state index contributed by atoms with van der Waals surface area (Å²) in [5.41, 5.74) is 2.38. The molecule has 0 aliphatic carbocycles. The summed E-state index contributed by atoms with van der Waals surface area (Å²) in [6.07, 6.45) is 1.03. The van der Waals surface area contributed by atoms with Gasteiger partial charge < -0.3 is 5.32 Å². The third-order valence-corrected chi connectivity index (χ3v) is 2.83. The summed E-state index contributed by atoms with van der Waals surface area (Å²) >= 11 is 3.44. The van der Waals surface area contributed by atoms with Crippen molar-refractivity contribution in [2.45, 2.75) is 6.42 Å². The molecule has 1 radical (unpaired) electrons. The maximum Gasteiger partial charge on any atom is 0.0432 e. The number of rotatable bonds is 4. The SMILES string of the molecule is Brc1cc[c]c(NCCc2ccccc2)c1. The molecule has 0 amide bonds. The molecule has 0 unspecified atom stereocenters. The summed E-state index contributed by atoms with van der Waals surface area (Å²) < 4.78 is 1.08. The molecule has 0 aliphatic heterocycles.